The van der Waals surface area contributed by atoms with Crippen LogP contribution in [0.4, 0.5) is 5.69 Å². The quantitative estimate of drug-likeness (QED) is 0.425. The standard InChI is InChI=1S/C7H5NO4Se/c9-7-4-2-1-3-5(8(10)11)6(4)13-12-7/h1-3,7,9H. The van der Waals surface area contributed by atoms with Gasteiger partial charge in [0.15, 0.2) is 0 Å². The van der Waals surface area contributed by atoms with E-state index < -0.39 is 26.5 Å². The Labute approximate surface area is 80.0 Å². The predicted octanol–water partition coefficient (Wildman–Crippen LogP) is -0.140. The van der Waals surface area contributed by atoms with Gasteiger partial charge in [0.25, 0.3) is 0 Å². The average molecular weight is 246 g/mol. The molecule has 0 radical (unpaired) electrons. The fraction of sp³-hybridized carbons (Fsp3) is 0.143. The molecule has 1 atom stereocenters. The van der Waals surface area contributed by atoms with E-state index in [9.17, 15) is 15.2 Å². The van der Waals surface area contributed by atoms with E-state index in [0.717, 1.165) is 0 Å². The number of rotatable bonds is 1. The van der Waals surface area contributed by atoms with Crippen molar-refractivity contribution >= 4 is 25.4 Å². The molecule has 2 rings (SSSR count). The van der Waals surface area contributed by atoms with Crippen molar-refractivity contribution in [3.63, 3.8) is 0 Å². The number of fused-ring (bicyclic) bond motifs is 1. The van der Waals surface area contributed by atoms with Crippen LogP contribution in [0.25, 0.3) is 0 Å². The zero-order chi connectivity index (χ0) is 9.42. The summed E-state index contributed by atoms with van der Waals surface area (Å²) in [5, 5.41) is 19.8. The third-order valence-corrected chi connectivity index (χ3v) is 3.58. The predicted molar refractivity (Wildman–Crippen MR) is 44.5 cm³/mol. The molecular weight excluding hydrogens is 241 g/mol. The van der Waals surface area contributed by atoms with Gasteiger partial charge in [0, 0.05) is 0 Å². The van der Waals surface area contributed by atoms with Crippen LogP contribution in [0.3, 0.4) is 0 Å². The summed E-state index contributed by atoms with van der Waals surface area (Å²) in [4.78, 5) is 10.1. The van der Waals surface area contributed by atoms with Crippen LogP contribution in [0.15, 0.2) is 18.2 Å². The van der Waals surface area contributed by atoms with Gasteiger partial charge in [-0.25, -0.2) is 0 Å². The molecule has 0 aliphatic carbocycles. The van der Waals surface area contributed by atoms with Crippen molar-refractivity contribution in [2.45, 2.75) is 6.29 Å². The molecule has 0 aromatic heterocycles. The number of nitro benzene ring substituents is 1. The Hall–Kier alpha value is -0.941. The van der Waals surface area contributed by atoms with Gasteiger partial charge in [0.2, 0.25) is 0 Å². The maximum atomic E-state index is 10.5. The van der Waals surface area contributed by atoms with Crippen LogP contribution in [0.2, 0.25) is 0 Å². The molecule has 1 aliphatic heterocycles. The Bertz CT molecular complexity index is 368. The van der Waals surface area contributed by atoms with E-state index in [-0.39, 0.29) is 5.69 Å². The van der Waals surface area contributed by atoms with Gasteiger partial charge in [0.1, 0.15) is 0 Å². The first kappa shape index (κ1) is 8.65. The van der Waals surface area contributed by atoms with Crippen molar-refractivity contribution in [3.05, 3.63) is 33.9 Å². The van der Waals surface area contributed by atoms with Crippen molar-refractivity contribution in [3.8, 4) is 0 Å². The van der Waals surface area contributed by atoms with Crippen LogP contribution in [0, 0.1) is 10.1 Å². The van der Waals surface area contributed by atoms with Crippen LogP contribution >= 0.6 is 0 Å². The van der Waals surface area contributed by atoms with Crippen LogP contribution < -0.4 is 4.46 Å². The molecule has 1 N–H and O–H groups in total. The topological polar surface area (TPSA) is 72.6 Å². The minimum absolute atomic E-state index is 0.0362. The molecule has 1 unspecified atom stereocenters. The molecule has 1 aromatic rings. The van der Waals surface area contributed by atoms with E-state index in [2.05, 4.69) is 0 Å². The molecule has 5 nitrogen and oxygen atoms in total. The van der Waals surface area contributed by atoms with Crippen molar-refractivity contribution in [2.24, 2.45) is 0 Å². The average Bonchev–Trinajstić information content (AvgIpc) is 2.48. The number of hydrogen-bond acceptors (Lipinski definition) is 4. The molecule has 1 aromatic carbocycles. The van der Waals surface area contributed by atoms with Gasteiger partial charge in [-0.3, -0.25) is 0 Å². The summed E-state index contributed by atoms with van der Waals surface area (Å²) < 4.78 is 5.46. The van der Waals surface area contributed by atoms with Gasteiger partial charge < -0.3 is 0 Å². The van der Waals surface area contributed by atoms with Crippen molar-refractivity contribution < 1.29 is 13.8 Å². The number of nitro groups is 1. The van der Waals surface area contributed by atoms with E-state index in [0.29, 0.717) is 10.0 Å². The monoisotopic (exact) mass is 247 g/mol. The molecule has 0 saturated carbocycles. The van der Waals surface area contributed by atoms with Crippen molar-refractivity contribution in [2.75, 3.05) is 0 Å². The van der Waals surface area contributed by atoms with E-state index in [1.807, 2.05) is 0 Å². The fourth-order valence-electron chi connectivity index (χ4n) is 1.12. The maximum absolute atomic E-state index is 10.5. The number of nitrogens with zero attached hydrogens (tertiary/aromatic N) is 1. The van der Waals surface area contributed by atoms with Crippen LogP contribution in [0.5, 0.6) is 0 Å². The van der Waals surface area contributed by atoms with Gasteiger partial charge in [0.05, 0.1) is 0 Å². The van der Waals surface area contributed by atoms with Gasteiger partial charge >= 0.3 is 79.5 Å². The summed E-state index contributed by atoms with van der Waals surface area (Å²) in [6.07, 6.45) is -0.991. The first-order chi connectivity index (χ1) is 6.20. The molecular formula is C7H5NO4Se. The number of benzene rings is 1. The molecule has 0 fully saturated rings. The molecule has 68 valence electrons. The summed E-state index contributed by atoms with van der Waals surface area (Å²) in [6.45, 7) is 0. The summed E-state index contributed by atoms with van der Waals surface area (Å²) >= 11 is -0.446. The number of aliphatic hydroxyl groups excluding tert-OH is 1. The Morgan fingerprint density at radius 3 is 3.08 bits per heavy atom. The molecule has 0 amide bonds. The van der Waals surface area contributed by atoms with Crippen LogP contribution in [-0.4, -0.2) is 25.3 Å². The number of hydrogen-bond donors (Lipinski definition) is 1. The second kappa shape index (κ2) is 3.08. The molecule has 1 aliphatic rings. The van der Waals surface area contributed by atoms with Gasteiger partial charge in [-0.1, -0.05) is 0 Å². The fourth-order valence-corrected chi connectivity index (χ4v) is 2.76. The third-order valence-electron chi connectivity index (χ3n) is 1.71. The van der Waals surface area contributed by atoms with E-state index in [1.165, 1.54) is 6.07 Å². The minimum atomic E-state index is -0.991. The molecule has 0 bridgehead atoms. The van der Waals surface area contributed by atoms with Crippen molar-refractivity contribution in [1.82, 2.24) is 0 Å². The second-order valence-corrected chi connectivity index (χ2v) is 4.09. The Morgan fingerprint density at radius 1 is 1.62 bits per heavy atom. The SMILES string of the molecule is O=[N+]([O-])c1cccc2c1[Se]OC2O. The summed E-state index contributed by atoms with van der Waals surface area (Å²) in [5.74, 6) is 0. The Morgan fingerprint density at radius 2 is 2.38 bits per heavy atom. The zero-order valence-electron chi connectivity index (χ0n) is 6.34. The van der Waals surface area contributed by atoms with Gasteiger partial charge in [-0.05, 0) is 0 Å². The first-order valence-corrected chi connectivity index (χ1v) is 5.04. The van der Waals surface area contributed by atoms with Crippen LogP contribution in [0.1, 0.15) is 11.9 Å². The number of aliphatic hydroxyl groups is 1. The van der Waals surface area contributed by atoms with Crippen molar-refractivity contribution in [1.29, 1.82) is 0 Å². The first-order valence-electron chi connectivity index (χ1n) is 3.49. The van der Waals surface area contributed by atoms with Crippen LogP contribution in [-0.2, 0) is 3.82 Å². The summed E-state index contributed by atoms with van der Waals surface area (Å²) in [5.41, 5.74) is 0.559. The normalized spacial score (nSPS) is 19.9. The van der Waals surface area contributed by atoms with E-state index >= 15 is 0 Å². The Balaban J connectivity index is 2.57. The van der Waals surface area contributed by atoms with Gasteiger partial charge in [-0.2, -0.15) is 0 Å². The van der Waals surface area contributed by atoms with E-state index in [1.54, 1.807) is 12.1 Å². The summed E-state index contributed by atoms with van der Waals surface area (Å²) in [6, 6.07) is 4.61. The second-order valence-electron chi connectivity index (χ2n) is 2.48. The zero-order valence-corrected chi connectivity index (χ0v) is 8.05. The Kier molecular flexibility index (Phi) is 2.05. The molecule has 0 spiro atoms. The third kappa shape index (κ3) is 1.34. The molecule has 13 heavy (non-hydrogen) atoms. The molecule has 1 heterocycles. The van der Waals surface area contributed by atoms with Gasteiger partial charge in [-0.15, -0.1) is 0 Å². The van der Waals surface area contributed by atoms with E-state index in [4.69, 9.17) is 3.82 Å². The molecule has 6 heteroatoms. The summed E-state index contributed by atoms with van der Waals surface area (Å²) in [7, 11) is 0. The molecule has 0 saturated heterocycles.